The molecule has 11 heavy (non-hydrogen) atoms. The standard InChI is InChI=1S/C6H8F2N2O/c1-6(9,5(7)8)4-2-10-3-11-4/h2-3,5H,9H2,1H3. The van der Waals surface area contributed by atoms with Gasteiger partial charge < -0.3 is 10.2 Å². The van der Waals surface area contributed by atoms with Gasteiger partial charge in [-0.15, -0.1) is 0 Å². The number of alkyl halides is 2. The van der Waals surface area contributed by atoms with Gasteiger partial charge in [0.2, 0.25) is 0 Å². The van der Waals surface area contributed by atoms with Crippen molar-refractivity contribution in [3.05, 3.63) is 18.4 Å². The molecule has 0 fully saturated rings. The first-order valence-corrected chi connectivity index (χ1v) is 3.01. The number of hydrogen-bond donors (Lipinski definition) is 1. The number of hydrogen-bond acceptors (Lipinski definition) is 3. The van der Waals surface area contributed by atoms with Crippen LogP contribution in [-0.2, 0) is 5.54 Å². The maximum absolute atomic E-state index is 12.2. The van der Waals surface area contributed by atoms with Crippen molar-refractivity contribution >= 4 is 0 Å². The Morgan fingerprint density at radius 1 is 1.73 bits per heavy atom. The predicted molar refractivity (Wildman–Crippen MR) is 34.0 cm³/mol. The number of oxazole rings is 1. The maximum atomic E-state index is 12.2. The van der Waals surface area contributed by atoms with Crippen molar-refractivity contribution in [3.8, 4) is 0 Å². The maximum Gasteiger partial charge on any atom is 0.263 e. The summed E-state index contributed by atoms with van der Waals surface area (Å²) in [6, 6.07) is 0. The lowest BCUT2D eigenvalue weighted by Gasteiger charge is -2.19. The molecule has 1 heterocycles. The van der Waals surface area contributed by atoms with E-state index in [0.717, 1.165) is 6.39 Å². The molecule has 0 bridgehead atoms. The van der Waals surface area contributed by atoms with Crippen LogP contribution in [0.2, 0.25) is 0 Å². The molecule has 0 spiro atoms. The summed E-state index contributed by atoms with van der Waals surface area (Å²) in [6.07, 6.45) is -0.398. The van der Waals surface area contributed by atoms with E-state index in [2.05, 4.69) is 9.40 Å². The average molecular weight is 162 g/mol. The first-order chi connectivity index (χ1) is 5.05. The number of rotatable bonds is 2. The fraction of sp³-hybridized carbons (Fsp3) is 0.500. The molecule has 62 valence electrons. The lowest BCUT2D eigenvalue weighted by Crippen LogP contribution is -2.40. The molecule has 1 aromatic rings. The zero-order chi connectivity index (χ0) is 8.48. The van der Waals surface area contributed by atoms with Gasteiger partial charge in [-0.1, -0.05) is 0 Å². The normalized spacial score (nSPS) is 16.8. The SMILES string of the molecule is CC(N)(c1cnco1)C(F)F. The number of nitrogens with zero attached hydrogens (tertiary/aromatic N) is 1. The molecule has 1 rings (SSSR count). The molecule has 1 aromatic heterocycles. The third kappa shape index (κ3) is 1.37. The summed E-state index contributed by atoms with van der Waals surface area (Å²) < 4.78 is 29.0. The molecule has 0 aliphatic heterocycles. The fourth-order valence-corrected chi connectivity index (χ4v) is 0.589. The highest BCUT2D eigenvalue weighted by molar-refractivity contribution is 5.06. The highest BCUT2D eigenvalue weighted by Crippen LogP contribution is 2.24. The van der Waals surface area contributed by atoms with E-state index >= 15 is 0 Å². The van der Waals surface area contributed by atoms with E-state index in [0.29, 0.717) is 0 Å². The first-order valence-electron chi connectivity index (χ1n) is 3.01. The third-order valence-corrected chi connectivity index (χ3v) is 1.42. The molecule has 0 aromatic carbocycles. The molecule has 0 aliphatic rings. The lowest BCUT2D eigenvalue weighted by molar-refractivity contribution is 0.0501. The molecule has 3 nitrogen and oxygen atoms in total. The smallest absolute Gasteiger partial charge is 0.263 e. The molecule has 2 N–H and O–H groups in total. The van der Waals surface area contributed by atoms with E-state index < -0.39 is 12.0 Å². The van der Waals surface area contributed by atoms with Gasteiger partial charge in [0.25, 0.3) is 6.43 Å². The molecular formula is C6H8F2N2O. The van der Waals surface area contributed by atoms with E-state index in [4.69, 9.17) is 5.73 Å². The lowest BCUT2D eigenvalue weighted by atomic mass is 10.0. The average Bonchev–Trinajstić information content (AvgIpc) is 2.37. The van der Waals surface area contributed by atoms with Gasteiger partial charge >= 0.3 is 0 Å². The molecule has 0 radical (unpaired) electrons. The van der Waals surface area contributed by atoms with E-state index in [1.807, 2.05) is 0 Å². The van der Waals surface area contributed by atoms with Crippen LogP contribution >= 0.6 is 0 Å². The van der Waals surface area contributed by atoms with Gasteiger partial charge in [-0.25, -0.2) is 13.8 Å². The zero-order valence-electron chi connectivity index (χ0n) is 5.92. The van der Waals surface area contributed by atoms with Gasteiger partial charge in [0.05, 0.1) is 6.20 Å². The van der Waals surface area contributed by atoms with Gasteiger partial charge in [-0.2, -0.15) is 0 Å². The predicted octanol–water partition coefficient (Wildman–Crippen LogP) is 1.11. The Bertz CT molecular complexity index is 220. The van der Waals surface area contributed by atoms with Crippen LogP contribution in [0.1, 0.15) is 12.7 Å². The Hall–Kier alpha value is -0.970. The van der Waals surface area contributed by atoms with Crippen molar-refractivity contribution in [2.24, 2.45) is 5.73 Å². The van der Waals surface area contributed by atoms with Crippen LogP contribution in [0.15, 0.2) is 17.0 Å². The number of aromatic nitrogens is 1. The van der Waals surface area contributed by atoms with Gasteiger partial charge in [0.1, 0.15) is 11.3 Å². The summed E-state index contributed by atoms with van der Waals surface area (Å²) in [5.41, 5.74) is 3.50. The summed E-state index contributed by atoms with van der Waals surface area (Å²) >= 11 is 0. The van der Waals surface area contributed by atoms with E-state index in [1.165, 1.54) is 13.1 Å². The topological polar surface area (TPSA) is 52.0 Å². The molecule has 1 unspecified atom stereocenters. The second kappa shape index (κ2) is 2.58. The molecular weight excluding hydrogens is 154 g/mol. The van der Waals surface area contributed by atoms with Crippen LogP contribution in [0.5, 0.6) is 0 Å². The minimum atomic E-state index is -2.66. The van der Waals surface area contributed by atoms with Crippen molar-refractivity contribution in [1.29, 1.82) is 0 Å². The summed E-state index contributed by atoms with van der Waals surface area (Å²) in [7, 11) is 0. The Kier molecular flexibility index (Phi) is 1.90. The minimum Gasteiger partial charge on any atom is -0.446 e. The van der Waals surface area contributed by atoms with Crippen LogP contribution in [-0.4, -0.2) is 11.4 Å². The first kappa shape index (κ1) is 8.13. The van der Waals surface area contributed by atoms with Crippen LogP contribution in [0.25, 0.3) is 0 Å². The Balaban J connectivity index is 2.90. The van der Waals surface area contributed by atoms with E-state index in [-0.39, 0.29) is 5.76 Å². The molecule has 1 atom stereocenters. The highest BCUT2D eigenvalue weighted by Gasteiger charge is 2.35. The molecule has 0 saturated heterocycles. The van der Waals surface area contributed by atoms with Gasteiger partial charge in [0, 0.05) is 0 Å². The van der Waals surface area contributed by atoms with Gasteiger partial charge in [-0.3, -0.25) is 0 Å². The molecule has 0 aliphatic carbocycles. The van der Waals surface area contributed by atoms with Crippen LogP contribution < -0.4 is 5.73 Å². The number of nitrogens with two attached hydrogens (primary N) is 1. The van der Waals surface area contributed by atoms with Crippen LogP contribution in [0.4, 0.5) is 8.78 Å². The Labute approximate surface area is 62.2 Å². The van der Waals surface area contributed by atoms with E-state index in [1.54, 1.807) is 0 Å². The summed E-state index contributed by atoms with van der Waals surface area (Å²) in [5.74, 6) is -0.00694. The van der Waals surface area contributed by atoms with Crippen LogP contribution in [0, 0.1) is 0 Å². The molecule has 5 heteroatoms. The highest BCUT2D eigenvalue weighted by atomic mass is 19.3. The Morgan fingerprint density at radius 3 is 2.73 bits per heavy atom. The van der Waals surface area contributed by atoms with E-state index in [9.17, 15) is 8.78 Å². The zero-order valence-corrected chi connectivity index (χ0v) is 5.92. The van der Waals surface area contributed by atoms with Crippen molar-refractivity contribution < 1.29 is 13.2 Å². The fourth-order valence-electron chi connectivity index (χ4n) is 0.589. The Morgan fingerprint density at radius 2 is 2.36 bits per heavy atom. The largest absolute Gasteiger partial charge is 0.446 e. The van der Waals surface area contributed by atoms with Crippen molar-refractivity contribution in [2.75, 3.05) is 0 Å². The second-order valence-corrected chi connectivity index (χ2v) is 2.45. The van der Waals surface area contributed by atoms with Crippen molar-refractivity contribution in [1.82, 2.24) is 4.98 Å². The number of halogens is 2. The van der Waals surface area contributed by atoms with Crippen molar-refractivity contribution in [2.45, 2.75) is 18.9 Å². The summed E-state index contributed by atoms with van der Waals surface area (Å²) in [6.45, 7) is 1.19. The quantitative estimate of drug-likeness (QED) is 0.708. The second-order valence-electron chi connectivity index (χ2n) is 2.45. The summed E-state index contributed by atoms with van der Waals surface area (Å²) in [5, 5.41) is 0. The molecule has 0 saturated carbocycles. The monoisotopic (exact) mass is 162 g/mol. The van der Waals surface area contributed by atoms with Gasteiger partial charge in [-0.05, 0) is 6.92 Å². The third-order valence-electron chi connectivity index (χ3n) is 1.42. The minimum absolute atomic E-state index is 0.00694. The van der Waals surface area contributed by atoms with Gasteiger partial charge in [0.15, 0.2) is 6.39 Å². The summed E-state index contributed by atoms with van der Waals surface area (Å²) in [4.78, 5) is 3.49. The molecule has 0 amide bonds. The van der Waals surface area contributed by atoms with Crippen molar-refractivity contribution in [3.63, 3.8) is 0 Å². The van der Waals surface area contributed by atoms with Crippen LogP contribution in [0.3, 0.4) is 0 Å².